The molecule has 0 spiro atoms. The molecule has 0 aromatic heterocycles. The summed E-state index contributed by atoms with van der Waals surface area (Å²) >= 11 is 0. The van der Waals surface area contributed by atoms with Crippen molar-refractivity contribution in [3.8, 4) is 0 Å². The minimum absolute atomic E-state index is 0.110. The standard InChI is InChI=1S/C21H32F2N4O4S/c22-19(23)12-25-32(30,31)18-9-8-15(11-17(18)27-10-4-7-16(27)13-28)26-21(29)20(24)14-5-2-1-3-6-14/h8-9,11,14,16,19-20,25,28H,1-7,10,12-13,24H2,(H,26,29)/t16-,20-/m0/s1. The van der Waals surface area contributed by atoms with Crippen LogP contribution in [0.15, 0.2) is 23.1 Å². The average Bonchev–Trinajstić information content (AvgIpc) is 3.26. The molecular formula is C21H32F2N4O4S. The van der Waals surface area contributed by atoms with Gasteiger partial charge in [-0.15, -0.1) is 0 Å². The molecule has 1 heterocycles. The van der Waals surface area contributed by atoms with Crippen molar-refractivity contribution in [2.75, 3.05) is 29.9 Å². The number of rotatable bonds is 9. The van der Waals surface area contributed by atoms with Crippen LogP contribution in [-0.4, -0.2) is 57.6 Å². The lowest BCUT2D eigenvalue weighted by Crippen LogP contribution is -2.42. The zero-order valence-electron chi connectivity index (χ0n) is 18.0. The molecule has 1 aromatic carbocycles. The molecule has 2 fully saturated rings. The molecule has 3 rings (SSSR count). The summed E-state index contributed by atoms with van der Waals surface area (Å²) in [4.78, 5) is 14.3. The zero-order valence-corrected chi connectivity index (χ0v) is 18.8. The molecule has 1 saturated heterocycles. The first kappa shape index (κ1) is 24.8. The fourth-order valence-electron chi connectivity index (χ4n) is 4.57. The van der Waals surface area contributed by atoms with Crippen LogP contribution < -0.4 is 20.7 Å². The maximum Gasteiger partial charge on any atom is 0.251 e. The second-order valence-corrected chi connectivity index (χ2v) is 10.2. The van der Waals surface area contributed by atoms with Gasteiger partial charge in [0, 0.05) is 12.2 Å². The number of carbonyl (C=O) groups excluding carboxylic acids is 1. The van der Waals surface area contributed by atoms with Gasteiger partial charge in [-0.2, -0.15) is 0 Å². The largest absolute Gasteiger partial charge is 0.394 e. The lowest BCUT2D eigenvalue weighted by molar-refractivity contribution is -0.118. The number of nitrogens with one attached hydrogen (secondary N) is 2. The summed E-state index contributed by atoms with van der Waals surface area (Å²) in [5.74, 6) is -0.229. The fraction of sp³-hybridized carbons (Fsp3) is 0.667. The second-order valence-electron chi connectivity index (χ2n) is 8.51. The summed E-state index contributed by atoms with van der Waals surface area (Å²) < 4.78 is 52.6. The normalized spacial score (nSPS) is 21.2. The van der Waals surface area contributed by atoms with Gasteiger partial charge in [-0.3, -0.25) is 4.79 Å². The van der Waals surface area contributed by atoms with E-state index in [-0.39, 0.29) is 35.1 Å². The Morgan fingerprint density at radius 3 is 2.56 bits per heavy atom. The Balaban J connectivity index is 1.87. The third kappa shape index (κ3) is 5.94. The molecule has 0 bridgehead atoms. The molecule has 0 radical (unpaired) electrons. The summed E-state index contributed by atoms with van der Waals surface area (Å²) in [6, 6.07) is 3.27. The molecule has 1 aliphatic carbocycles. The van der Waals surface area contributed by atoms with Crippen molar-refractivity contribution in [1.82, 2.24) is 4.72 Å². The number of amides is 1. The van der Waals surface area contributed by atoms with Crippen molar-refractivity contribution in [2.45, 2.75) is 68.4 Å². The lowest BCUT2D eigenvalue weighted by Gasteiger charge is -2.29. The van der Waals surface area contributed by atoms with Crippen LogP contribution in [0.2, 0.25) is 0 Å². The summed E-state index contributed by atoms with van der Waals surface area (Å²) in [5, 5.41) is 12.5. The first-order valence-corrected chi connectivity index (χ1v) is 12.6. The number of alkyl halides is 2. The number of anilines is 2. The Labute approximate surface area is 187 Å². The van der Waals surface area contributed by atoms with Gasteiger partial charge in [0.05, 0.1) is 30.9 Å². The maximum absolute atomic E-state index is 12.7. The molecular weight excluding hydrogens is 442 g/mol. The van der Waals surface area contributed by atoms with Crippen LogP contribution >= 0.6 is 0 Å². The van der Waals surface area contributed by atoms with E-state index in [4.69, 9.17) is 5.73 Å². The molecule has 1 aliphatic heterocycles. The van der Waals surface area contributed by atoms with Gasteiger partial charge in [0.2, 0.25) is 15.9 Å². The molecule has 1 aromatic rings. The summed E-state index contributed by atoms with van der Waals surface area (Å²) in [5.41, 5.74) is 6.80. The molecule has 5 N–H and O–H groups in total. The third-order valence-corrected chi connectivity index (χ3v) is 7.77. The van der Waals surface area contributed by atoms with E-state index in [9.17, 15) is 27.1 Å². The quantitative estimate of drug-likeness (QED) is 0.434. The van der Waals surface area contributed by atoms with E-state index in [0.717, 1.165) is 38.5 Å². The van der Waals surface area contributed by atoms with Crippen LogP contribution in [-0.2, 0) is 14.8 Å². The van der Waals surface area contributed by atoms with Crippen LogP contribution in [0.25, 0.3) is 0 Å². The summed E-state index contributed by atoms with van der Waals surface area (Å²) in [6.45, 7) is -0.672. The van der Waals surface area contributed by atoms with Crippen LogP contribution in [0, 0.1) is 5.92 Å². The van der Waals surface area contributed by atoms with Gasteiger partial charge in [-0.05, 0) is 49.8 Å². The predicted octanol–water partition coefficient (Wildman–Crippen LogP) is 2.04. The Morgan fingerprint density at radius 2 is 1.91 bits per heavy atom. The fourth-order valence-corrected chi connectivity index (χ4v) is 5.77. The van der Waals surface area contributed by atoms with Crippen molar-refractivity contribution >= 4 is 27.3 Å². The van der Waals surface area contributed by atoms with Gasteiger partial charge in [0.1, 0.15) is 4.90 Å². The van der Waals surface area contributed by atoms with Crippen molar-refractivity contribution in [3.63, 3.8) is 0 Å². The number of hydrogen-bond donors (Lipinski definition) is 4. The minimum Gasteiger partial charge on any atom is -0.394 e. The van der Waals surface area contributed by atoms with E-state index in [1.807, 2.05) is 4.72 Å². The van der Waals surface area contributed by atoms with E-state index >= 15 is 0 Å². The van der Waals surface area contributed by atoms with Crippen LogP contribution in [0.1, 0.15) is 44.9 Å². The highest BCUT2D eigenvalue weighted by Crippen LogP contribution is 2.34. The highest BCUT2D eigenvalue weighted by molar-refractivity contribution is 7.89. The number of nitrogens with two attached hydrogens (primary N) is 1. The Kier molecular flexibility index (Phi) is 8.43. The van der Waals surface area contributed by atoms with E-state index in [1.165, 1.54) is 18.2 Å². The Morgan fingerprint density at radius 1 is 1.19 bits per heavy atom. The highest BCUT2D eigenvalue weighted by Gasteiger charge is 2.31. The molecule has 1 amide bonds. The van der Waals surface area contributed by atoms with Crippen LogP contribution in [0.4, 0.5) is 20.2 Å². The van der Waals surface area contributed by atoms with Crippen molar-refractivity contribution in [1.29, 1.82) is 0 Å². The molecule has 8 nitrogen and oxygen atoms in total. The van der Waals surface area contributed by atoms with Crippen molar-refractivity contribution < 1.29 is 27.1 Å². The number of nitrogens with zero attached hydrogens (tertiary/aromatic N) is 1. The molecule has 180 valence electrons. The smallest absolute Gasteiger partial charge is 0.251 e. The number of benzene rings is 1. The SMILES string of the molecule is N[C@H](C(=O)Nc1ccc(S(=O)(=O)NCC(F)F)c(N2CCC[C@H]2CO)c1)C1CCCCC1. The van der Waals surface area contributed by atoms with Crippen LogP contribution in [0.5, 0.6) is 0 Å². The predicted molar refractivity (Wildman–Crippen MR) is 118 cm³/mol. The number of aliphatic hydroxyl groups is 1. The molecule has 0 unspecified atom stereocenters. The molecule has 2 aliphatic rings. The first-order chi connectivity index (χ1) is 15.2. The summed E-state index contributed by atoms with van der Waals surface area (Å²) in [6.07, 6.45) is 3.63. The second kappa shape index (κ2) is 10.9. The third-order valence-electron chi connectivity index (χ3n) is 6.30. The molecule has 11 heteroatoms. The first-order valence-electron chi connectivity index (χ1n) is 11.1. The minimum atomic E-state index is -4.22. The number of hydrogen-bond acceptors (Lipinski definition) is 6. The van der Waals surface area contributed by atoms with Gasteiger partial charge in [0.15, 0.2) is 0 Å². The van der Waals surface area contributed by atoms with E-state index in [0.29, 0.717) is 18.7 Å². The number of carbonyl (C=O) groups is 1. The van der Waals surface area contributed by atoms with Gasteiger partial charge in [0.25, 0.3) is 6.43 Å². The number of sulfonamides is 1. The van der Waals surface area contributed by atoms with Gasteiger partial charge < -0.3 is 21.1 Å². The van der Waals surface area contributed by atoms with Gasteiger partial charge >= 0.3 is 0 Å². The van der Waals surface area contributed by atoms with E-state index in [1.54, 1.807) is 4.90 Å². The summed E-state index contributed by atoms with van der Waals surface area (Å²) in [7, 11) is -4.22. The zero-order chi connectivity index (χ0) is 23.3. The Bertz CT molecular complexity index is 894. The molecule has 32 heavy (non-hydrogen) atoms. The topological polar surface area (TPSA) is 125 Å². The van der Waals surface area contributed by atoms with Gasteiger partial charge in [-0.1, -0.05) is 19.3 Å². The number of aliphatic hydroxyl groups excluding tert-OH is 1. The van der Waals surface area contributed by atoms with Crippen LogP contribution in [0.3, 0.4) is 0 Å². The Hall–Kier alpha value is -1.82. The number of halogens is 2. The average molecular weight is 475 g/mol. The van der Waals surface area contributed by atoms with E-state index in [2.05, 4.69) is 5.32 Å². The highest BCUT2D eigenvalue weighted by atomic mass is 32.2. The maximum atomic E-state index is 12.7. The molecule has 2 atom stereocenters. The van der Waals surface area contributed by atoms with Crippen molar-refractivity contribution in [3.05, 3.63) is 18.2 Å². The van der Waals surface area contributed by atoms with Gasteiger partial charge in [-0.25, -0.2) is 21.9 Å². The monoisotopic (exact) mass is 474 g/mol. The van der Waals surface area contributed by atoms with E-state index < -0.39 is 29.0 Å². The van der Waals surface area contributed by atoms with Crippen molar-refractivity contribution in [2.24, 2.45) is 11.7 Å². The lowest BCUT2D eigenvalue weighted by atomic mass is 9.84. The molecule has 1 saturated carbocycles.